The Labute approximate surface area is 264 Å². The van der Waals surface area contributed by atoms with Crippen molar-refractivity contribution in [2.45, 2.75) is 71.4 Å². The Bertz CT molecular complexity index is 1270. The van der Waals surface area contributed by atoms with E-state index in [0.717, 1.165) is 15.9 Å². The average Bonchev–Trinajstić information content (AvgIpc) is 3.02. The second-order valence-electron chi connectivity index (χ2n) is 11.7. The van der Waals surface area contributed by atoms with E-state index in [9.17, 15) is 4.79 Å². The first-order valence-electron chi connectivity index (χ1n) is 15.2. The molecule has 8 heteroatoms. The number of allylic oxidation sites excluding steroid dienone is 1. The summed E-state index contributed by atoms with van der Waals surface area (Å²) in [6.45, 7) is 13.0. The minimum atomic E-state index is -3.00. The molecule has 3 atom stereocenters. The summed E-state index contributed by atoms with van der Waals surface area (Å²) in [5.74, 6) is 0.682. The summed E-state index contributed by atoms with van der Waals surface area (Å²) in [4.78, 5) is 15.6. The molecule has 3 aromatic carbocycles. The smallest absolute Gasteiger partial charge is 0.410 e. The summed E-state index contributed by atoms with van der Waals surface area (Å²) in [5.41, 5.74) is 0.844. The van der Waals surface area contributed by atoms with Crippen molar-refractivity contribution in [1.29, 1.82) is 0 Å². The van der Waals surface area contributed by atoms with Crippen molar-refractivity contribution in [2.24, 2.45) is 0 Å². The van der Waals surface area contributed by atoms with Gasteiger partial charge in [0.05, 0.1) is 32.4 Å². The normalized spacial score (nSPS) is 14.2. The molecule has 238 valence electrons. The van der Waals surface area contributed by atoms with Gasteiger partial charge in [0.2, 0.25) is 0 Å². The zero-order valence-corrected chi connectivity index (χ0v) is 28.5. The molecule has 0 aliphatic heterocycles. The first kappa shape index (κ1) is 35.1. The highest BCUT2D eigenvalue weighted by molar-refractivity contribution is 6.99. The number of carbonyl (C=O) groups is 1. The van der Waals surface area contributed by atoms with Crippen LogP contribution in [0.15, 0.2) is 97.1 Å². The van der Waals surface area contributed by atoms with Crippen molar-refractivity contribution < 1.29 is 28.2 Å². The summed E-state index contributed by atoms with van der Waals surface area (Å²) in [6, 6.07) is 28.1. The summed E-state index contributed by atoms with van der Waals surface area (Å²) in [5, 5.41) is 2.03. The van der Waals surface area contributed by atoms with Crippen LogP contribution < -0.4 is 15.1 Å². The zero-order chi connectivity index (χ0) is 32.2. The van der Waals surface area contributed by atoms with Gasteiger partial charge in [-0.3, -0.25) is 4.90 Å². The Morgan fingerprint density at radius 3 is 1.98 bits per heavy atom. The lowest BCUT2D eigenvalue weighted by molar-refractivity contribution is -0.0969. The van der Waals surface area contributed by atoms with Crippen LogP contribution in [0.4, 0.5) is 4.79 Å². The van der Waals surface area contributed by atoms with Crippen molar-refractivity contribution in [1.82, 2.24) is 4.90 Å². The number of rotatable bonds is 15. The van der Waals surface area contributed by atoms with Crippen LogP contribution in [0.25, 0.3) is 0 Å². The molecule has 1 amide bonds. The van der Waals surface area contributed by atoms with Crippen LogP contribution in [0.5, 0.6) is 5.75 Å². The van der Waals surface area contributed by atoms with E-state index in [1.165, 1.54) is 0 Å². The molecule has 0 aliphatic carbocycles. The molecular formula is C36H49NO6Si. The van der Waals surface area contributed by atoms with E-state index in [1.807, 2.05) is 62.4 Å². The predicted molar refractivity (Wildman–Crippen MR) is 179 cm³/mol. The van der Waals surface area contributed by atoms with E-state index >= 15 is 0 Å². The van der Waals surface area contributed by atoms with Gasteiger partial charge in [-0.25, -0.2) is 4.79 Å². The Kier molecular flexibility index (Phi) is 13.2. The minimum absolute atomic E-state index is 0.0444. The van der Waals surface area contributed by atoms with Gasteiger partial charge >= 0.3 is 6.09 Å². The molecule has 0 radical (unpaired) electrons. The maximum Gasteiger partial charge on any atom is 0.410 e. The highest BCUT2D eigenvalue weighted by Gasteiger charge is 2.53. The molecule has 7 nitrogen and oxygen atoms in total. The molecule has 0 saturated carbocycles. The average molecular weight is 620 g/mol. The fourth-order valence-electron chi connectivity index (χ4n) is 5.86. The maximum absolute atomic E-state index is 13.9. The molecule has 3 aromatic rings. The van der Waals surface area contributed by atoms with Crippen LogP contribution in [0.1, 0.15) is 47.1 Å². The van der Waals surface area contributed by atoms with Crippen LogP contribution in [0.3, 0.4) is 0 Å². The first-order valence-corrected chi connectivity index (χ1v) is 17.1. The summed E-state index contributed by atoms with van der Waals surface area (Å²) in [7, 11) is 0.216. The quantitative estimate of drug-likeness (QED) is 0.109. The Morgan fingerprint density at radius 1 is 0.909 bits per heavy atom. The maximum atomic E-state index is 13.9. The SMILES string of the molecule is C/C=C/[C@H](OCOC)[C@H]([C@@H](C)O[Si](c1ccccc1)(c1ccccc1)C(C)(C)C)N(Cc1ccccc1OC)C(=O)OCC. The molecule has 44 heavy (non-hydrogen) atoms. The fourth-order valence-corrected chi connectivity index (χ4v) is 10.6. The van der Waals surface area contributed by atoms with E-state index in [0.29, 0.717) is 5.75 Å². The summed E-state index contributed by atoms with van der Waals surface area (Å²) in [6.07, 6.45) is 2.35. The summed E-state index contributed by atoms with van der Waals surface area (Å²) < 4.78 is 30.5. The second-order valence-corrected chi connectivity index (χ2v) is 15.9. The number of para-hydroxylation sites is 1. The molecule has 3 rings (SSSR count). The Hall–Kier alpha value is -3.43. The number of carbonyl (C=O) groups excluding carboxylic acids is 1. The molecule has 0 spiro atoms. The van der Waals surface area contributed by atoms with Gasteiger partial charge < -0.3 is 23.4 Å². The second kappa shape index (κ2) is 16.6. The fraction of sp³-hybridized carbons (Fsp3) is 0.417. The van der Waals surface area contributed by atoms with Gasteiger partial charge in [-0.05, 0) is 42.2 Å². The largest absolute Gasteiger partial charge is 0.496 e. The van der Waals surface area contributed by atoms with Crippen molar-refractivity contribution in [2.75, 3.05) is 27.6 Å². The molecule has 0 bridgehead atoms. The van der Waals surface area contributed by atoms with Crippen molar-refractivity contribution in [3.8, 4) is 5.75 Å². The standard InChI is InChI=1S/C36H49NO6Si/c1-9-19-33(42-27-39-7)34(37(35(38)41-10-2)26-29-20-17-18-25-32(29)40-8)28(3)43-44(36(4,5)6,30-21-13-11-14-22-30)31-23-15-12-16-24-31/h9,11-25,28,33-34H,10,26-27H2,1-8H3/b19-9+/t28-,33+,34+/m1/s1. The van der Waals surface area contributed by atoms with Crippen LogP contribution in [-0.4, -0.2) is 65.2 Å². The molecular weight excluding hydrogens is 570 g/mol. The van der Waals surface area contributed by atoms with E-state index in [4.69, 9.17) is 23.4 Å². The number of methoxy groups -OCH3 is 2. The van der Waals surface area contributed by atoms with Crippen LogP contribution in [0, 0.1) is 0 Å². The van der Waals surface area contributed by atoms with Gasteiger partial charge in [0.1, 0.15) is 18.6 Å². The number of hydrogen-bond acceptors (Lipinski definition) is 6. The number of nitrogens with zero attached hydrogens (tertiary/aromatic N) is 1. The highest BCUT2D eigenvalue weighted by Crippen LogP contribution is 2.39. The number of amides is 1. The van der Waals surface area contributed by atoms with E-state index in [-0.39, 0.29) is 25.0 Å². The van der Waals surface area contributed by atoms with E-state index in [2.05, 4.69) is 69.3 Å². The predicted octanol–water partition coefficient (Wildman–Crippen LogP) is 6.55. The Morgan fingerprint density at radius 2 is 1.48 bits per heavy atom. The van der Waals surface area contributed by atoms with Gasteiger partial charge in [-0.2, -0.15) is 0 Å². The third-order valence-corrected chi connectivity index (χ3v) is 12.9. The van der Waals surface area contributed by atoms with Crippen molar-refractivity contribution >= 4 is 24.8 Å². The molecule has 0 saturated heterocycles. The van der Waals surface area contributed by atoms with Crippen LogP contribution in [0.2, 0.25) is 5.04 Å². The van der Waals surface area contributed by atoms with Crippen LogP contribution in [-0.2, 0) is 25.2 Å². The van der Waals surface area contributed by atoms with E-state index < -0.39 is 32.7 Å². The lowest BCUT2D eigenvalue weighted by Crippen LogP contribution is -2.69. The highest BCUT2D eigenvalue weighted by atomic mass is 28.4. The summed E-state index contributed by atoms with van der Waals surface area (Å²) >= 11 is 0. The van der Waals surface area contributed by atoms with Gasteiger partial charge in [-0.15, -0.1) is 0 Å². The topological polar surface area (TPSA) is 66.5 Å². The van der Waals surface area contributed by atoms with Gasteiger partial charge in [0.25, 0.3) is 8.32 Å². The van der Waals surface area contributed by atoms with Crippen LogP contribution >= 0.6 is 0 Å². The number of hydrogen-bond donors (Lipinski definition) is 0. The molecule has 0 unspecified atom stereocenters. The third kappa shape index (κ3) is 8.18. The zero-order valence-electron chi connectivity index (χ0n) is 27.5. The van der Waals surface area contributed by atoms with E-state index in [1.54, 1.807) is 26.0 Å². The molecule has 0 aromatic heterocycles. The first-order chi connectivity index (χ1) is 21.1. The number of benzene rings is 3. The molecule has 0 fully saturated rings. The minimum Gasteiger partial charge on any atom is -0.496 e. The molecule has 0 heterocycles. The van der Waals surface area contributed by atoms with Gasteiger partial charge in [0.15, 0.2) is 0 Å². The monoisotopic (exact) mass is 619 g/mol. The van der Waals surface area contributed by atoms with Crippen molar-refractivity contribution in [3.63, 3.8) is 0 Å². The molecule has 0 N–H and O–H groups in total. The number of ether oxygens (including phenoxy) is 4. The van der Waals surface area contributed by atoms with Gasteiger partial charge in [0, 0.05) is 12.7 Å². The molecule has 0 aliphatic rings. The lowest BCUT2D eigenvalue weighted by Gasteiger charge is -2.48. The lowest BCUT2D eigenvalue weighted by atomic mass is 10.0. The third-order valence-electron chi connectivity index (χ3n) is 7.75. The van der Waals surface area contributed by atoms with Gasteiger partial charge in [-0.1, -0.05) is 112 Å². The van der Waals surface area contributed by atoms with Crippen molar-refractivity contribution in [3.05, 3.63) is 103 Å². The Balaban J connectivity index is 2.26.